The van der Waals surface area contributed by atoms with Gasteiger partial charge in [-0.3, -0.25) is 4.79 Å². The molecule has 0 fully saturated rings. The topological polar surface area (TPSA) is 41.1 Å². The third-order valence-corrected chi connectivity index (χ3v) is 1.20. The molecule has 0 aliphatic carbocycles. The van der Waals surface area contributed by atoms with E-state index in [1.165, 1.54) is 0 Å². The molecule has 0 aliphatic heterocycles. The SMILES string of the molecule is CC.CC.CCNCCNC(=O)CC. The summed E-state index contributed by atoms with van der Waals surface area (Å²) in [5.41, 5.74) is 0. The van der Waals surface area contributed by atoms with Crippen LogP contribution in [0.3, 0.4) is 0 Å². The van der Waals surface area contributed by atoms with E-state index in [2.05, 4.69) is 10.6 Å². The van der Waals surface area contributed by atoms with Crippen molar-refractivity contribution in [3.63, 3.8) is 0 Å². The van der Waals surface area contributed by atoms with Crippen LogP contribution >= 0.6 is 0 Å². The number of hydrogen-bond donors (Lipinski definition) is 2. The zero-order chi connectivity index (χ0) is 11.8. The maximum atomic E-state index is 10.6. The third kappa shape index (κ3) is 22.5. The lowest BCUT2D eigenvalue weighted by Gasteiger charge is -2.02. The Balaban J connectivity index is -0.000000266. The first-order chi connectivity index (χ1) is 6.81. The fraction of sp³-hybridized carbons (Fsp3) is 0.909. The Labute approximate surface area is 89.7 Å². The van der Waals surface area contributed by atoms with Gasteiger partial charge in [-0.05, 0) is 6.54 Å². The Kier molecular flexibility index (Phi) is 31.1. The van der Waals surface area contributed by atoms with Crippen molar-refractivity contribution in [2.45, 2.75) is 48.0 Å². The van der Waals surface area contributed by atoms with Crippen molar-refractivity contribution in [3.8, 4) is 0 Å². The molecule has 0 radical (unpaired) electrons. The molecule has 14 heavy (non-hydrogen) atoms. The molecule has 0 aliphatic rings. The van der Waals surface area contributed by atoms with E-state index in [1.54, 1.807) is 0 Å². The molecule has 0 bridgehead atoms. The lowest BCUT2D eigenvalue weighted by atomic mass is 10.4. The molecule has 0 aromatic heterocycles. The van der Waals surface area contributed by atoms with E-state index in [4.69, 9.17) is 0 Å². The largest absolute Gasteiger partial charge is 0.355 e. The van der Waals surface area contributed by atoms with Crippen LogP contribution in [0.15, 0.2) is 0 Å². The quantitative estimate of drug-likeness (QED) is 0.674. The average Bonchev–Trinajstić information content (AvgIpc) is 2.29. The Bertz CT molecular complexity index is 95.3. The molecular formula is C11H28N2O. The average molecular weight is 204 g/mol. The molecule has 3 nitrogen and oxygen atoms in total. The van der Waals surface area contributed by atoms with Gasteiger partial charge in [0.15, 0.2) is 0 Å². The first-order valence-electron chi connectivity index (χ1n) is 5.78. The number of carbonyl (C=O) groups excluding carboxylic acids is 1. The van der Waals surface area contributed by atoms with E-state index in [0.717, 1.165) is 19.6 Å². The van der Waals surface area contributed by atoms with Gasteiger partial charge in [0.1, 0.15) is 0 Å². The summed E-state index contributed by atoms with van der Waals surface area (Å²) in [4.78, 5) is 10.6. The van der Waals surface area contributed by atoms with E-state index in [1.807, 2.05) is 41.5 Å². The molecule has 0 atom stereocenters. The van der Waals surface area contributed by atoms with Gasteiger partial charge in [0.05, 0.1) is 0 Å². The second-order valence-corrected chi connectivity index (χ2v) is 2.06. The summed E-state index contributed by atoms with van der Waals surface area (Å²) >= 11 is 0. The van der Waals surface area contributed by atoms with Crippen molar-refractivity contribution in [1.29, 1.82) is 0 Å². The van der Waals surface area contributed by atoms with Crippen LogP contribution in [0.2, 0.25) is 0 Å². The molecular weight excluding hydrogens is 176 g/mol. The van der Waals surface area contributed by atoms with E-state index in [-0.39, 0.29) is 5.91 Å². The number of hydrogen-bond acceptors (Lipinski definition) is 2. The molecule has 0 aromatic carbocycles. The van der Waals surface area contributed by atoms with Crippen LogP contribution in [-0.4, -0.2) is 25.5 Å². The molecule has 0 spiro atoms. The van der Waals surface area contributed by atoms with Gasteiger partial charge in [-0.25, -0.2) is 0 Å². The summed E-state index contributed by atoms with van der Waals surface area (Å²) in [7, 11) is 0. The number of amides is 1. The van der Waals surface area contributed by atoms with Gasteiger partial charge in [0.2, 0.25) is 5.91 Å². The summed E-state index contributed by atoms with van der Waals surface area (Å²) in [6.45, 7) is 14.5. The summed E-state index contributed by atoms with van der Waals surface area (Å²) in [5, 5.41) is 5.88. The van der Waals surface area contributed by atoms with Gasteiger partial charge in [0, 0.05) is 19.5 Å². The molecule has 0 heterocycles. The van der Waals surface area contributed by atoms with Crippen LogP contribution in [0, 0.1) is 0 Å². The number of nitrogens with one attached hydrogen (secondary N) is 2. The van der Waals surface area contributed by atoms with Gasteiger partial charge < -0.3 is 10.6 Å². The molecule has 0 aromatic rings. The summed E-state index contributed by atoms with van der Waals surface area (Å²) < 4.78 is 0. The van der Waals surface area contributed by atoms with Crippen molar-refractivity contribution in [2.24, 2.45) is 0 Å². The van der Waals surface area contributed by atoms with Gasteiger partial charge >= 0.3 is 0 Å². The molecule has 0 rings (SSSR count). The third-order valence-electron chi connectivity index (χ3n) is 1.20. The minimum absolute atomic E-state index is 0.123. The van der Waals surface area contributed by atoms with Crippen LogP contribution in [0.4, 0.5) is 0 Å². The molecule has 2 N–H and O–H groups in total. The van der Waals surface area contributed by atoms with Crippen LogP contribution in [0.25, 0.3) is 0 Å². The van der Waals surface area contributed by atoms with Crippen molar-refractivity contribution in [3.05, 3.63) is 0 Å². The first-order valence-corrected chi connectivity index (χ1v) is 5.78. The normalized spacial score (nSPS) is 7.57. The molecule has 0 unspecified atom stereocenters. The minimum atomic E-state index is 0.123. The fourth-order valence-corrected chi connectivity index (χ4v) is 0.592. The zero-order valence-electron chi connectivity index (χ0n) is 10.7. The van der Waals surface area contributed by atoms with Gasteiger partial charge in [-0.1, -0.05) is 41.5 Å². The predicted molar refractivity (Wildman–Crippen MR) is 64.5 cm³/mol. The molecule has 1 amide bonds. The van der Waals surface area contributed by atoms with Gasteiger partial charge in [-0.15, -0.1) is 0 Å². The molecule has 88 valence electrons. The van der Waals surface area contributed by atoms with Crippen molar-refractivity contribution >= 4 is 5.91 Å². The number of rotatable bonds is 5. The van der Waals surface area contributed by atoms with E-state index >= 15 is 0 Å². The summed E-state index contributed by atoms with van der Waals surface area (Å²) in [5.74, 6) is 0.123. The van der Waals surface area contributed by atoms with Gasteiger partial charge in [0.25, 0.3) is 0 Å². The maximum Gasteiger partial charge on any atom is 0.219 e. The van der Waals surface area contributed by atoms with E-state index in [9.17, 15) is 4.79 Å². The summed E-state index contributed by atoms with van der Waals surface area (Å²) in [6.07, 6.45) is 0.576. The lowest BCUT2D eigenvalue weighted by Crippen LogP contribution is -2.31. The molecule has 0 saturated heterocycles. The minimum Gasteiger partial charge on any atom is -0.355 e. The highest BCUT2D eigenvalue weighted by atomic mass is 16.1. The fourth-order valence-electron chi connectivity index (χ4n) is 0.592. The summed E-state index contributed by atoms with van der Waals surface area (Å²) in [6, 6.07) is 0. The van der Waals surface area contributed by atoms with Crippen LogP contribution in [-0.2, 0) is 4.79 Å². The highest BCUT2D eigenvalue weighted by Gasteiger charge is 1.92. The van der Waals surface area contributed by atoms with Crippen LogP contribution < -0.4 is 10.6 Å². The number of likely N-dealkylation sites (N-methyl/N-ethyl adjacent to an activating group) is 1. The zero-order valence-corrected chi connectivity index (χ0v) is 10.7. The highest BCUT2D eigenvalue weighted by Crippen LogP contribution is 1.72. The lowest BCUT2D eigenvalue weighted by molar-refractivity contribution is -0.120. The number of carbonyl (C=O) groups is 1. The van der Waals surface area contributed by atoms with Crippen molar-refractivity contribution in [2.75, 3.05) is 19.6 Å². The Morgan fingerprint density at radius 2 is 1.50 bits per heavy atom. The van der Waals surface area contributed by atoms with E-state index < -0.39 is 0 Å². The molecule has 3 heteroatoms. The smallest absolute Gasteiger partial charge is 0.219 e. The van der Waals surface area contributed by atoms with Crippen LogP contribution in [0.1, 0.15) is 48.0 Å². The van der Waals surface area contributed by atoms with Crippen molar-refractivity contribution < 1.29 is 4.79 Å². The first kappa shape index (κ1) is 19.1. The second kappa shape index (κ2) is 22.9. The Morgan fingerprint density at radius 1 is 1.00 bits per heavy atom. The Morgan fingerprint density at radius 3 is 1.86 bits per heavy atom. The van der Waals surface area contributed by atoms with Crippen molar-refractivity contribution in [1.82, 2.24) is 10.6 Å². The second-order valence-electron chi connectivity index (χ2n) is 2.06. The van der Waals surface area contributed by atoms with E-state index in [0.29, 0.717) is 6.42 Å². The molecule has 0 saturated carbocycles. The Hall–Kier alpha value is -0.570. The monoisotopic (exact) mass is 204 g/mol. The highest BCUT2D eigenvalue weighted by molar-refractivity contribution is 5.75. The van der Waals surface area contributed by atoms with Gasteiger partial charge in [-0.2, -0.15) is 0 Å². The standard InChI is InChI=1S/C7H16N2O.2C2H6/c1-3-7(10)9-6-5-8-4-2;2*1-2/h8H,3-6H2,1-2H3,(H,9,10);2*1-2H3. The van der Waals surface area contributed by atoms with Crippen LogP contribution in [0.5, 0.6) is 0 Å². The predicted octanol–water partition coefficient (Wildman–Crippen LogP) is 2.17. The maximum absolute atomic E-state index is 10.6.